The normalized spacial score (nSPS) is 11.1. The van der Waals surface area contributed by atoms with Crippen LogP contribution < -0.4 is 0 Å². The van der Waals surface area contributed by atoms with Crippen LogP contribution in [0.15, 0.2) is 46.9 Å². The summed E-state index contributed by atoms with van der Waals surface area (Å²) in [5.74, 6) is 0.0743. The van der Waals surface area contributed by atoms with Crippen LogP contribution in [0.3, 0.4) is 0 Å². The van der Waals surface area contributed by atoms with E-state index in [1.807, 2.05) is 37.3 Å². The van der Waals surface area contributed by atoms with Crippen LogP contribution >= 0.6 is 0 Å². The summed E-state index contributed by atoms with van der Waals surface area (Å²) < 4.78 is 10.6. The fourth-order valence-electron chi connectivity index (χ4n) is 2.03. The molecule has 2 rings (SSSR count). The van der Waals surface area contributed by atoms with E-state index in [0.717, 1.165) is 22.3 Å². The SMILES string of the molecule is C=CCOC(=O)/C(C#N)=C/c1c(CC)oc2ccccc12. The Bertz CT molecular complexity index is 747. The van der Waals surface area contributed by atoms with Gasteiger partial charge in [-0.3, -0.25) is 0 Å². The molecule has 1 heterocycles. The van der Waals surface area contributed by atoms with Gasteiger partial charge in [0.05, 0.1) is 0 Å². The number of furan rings is 1. The minimum atomic E-state index is -0.662. The van der Waals surface area contributed by atoms with Crippen LogP contribution in [0.2, 0.25) is 0 Å². The number of benzene rings is 1. The molecule has 0 aliphatic rings. The largest absolute Gasteiger partial charge is 0.460 e. The topological polar surface area (TPSA) is 63.2 Å². The summed E-state index contributed by atoms with van der Waals surface area (Å²) in [6.45, 7) is 5.50. The Labute approximate surface area is 122 Å². The van der Waals surface area contributed by atoms with Gasteiger partial charge in [0.1, 0.15) is 29.6 Å². The van der Waals surface area contributed by atoms with E-state index in [4.69, 9.17) is 14.4 Å². The van der Waals surface area contributed by atoms with E-state index in [-0.39, 0.29) is 12.2 Å². The zero-order valence-corrected chi connectivity index (χ0v) is 11.8. The fourth-order valence-corrected chi connectivity index (χ4v) is 2.03. The predicted molar refractivity (Wildman–Crippen MR) is 80.3 cm³/mol. The van der Waals surface area contributed by atoms with Crippen LogP contribution in [-0.2, 0) is 16.0 Å². The standard InChI is InChI=1S/C17H15NO3/c1-3-9-20-17(19)12(11-18)10-14-13-7-5-6-8-16(13)21-15(14)4-2/h3,5-8,10H,1,4,9H2,2H3/b12-10+. The zero-order valence-electron chi connectivity index (χ0n) is 11.8. The number of para-hydroxylation sites is 1. The Balaban J connectivity index is 2.49. The van der Waals surface area contributed by atoms with Gasteiger partial charge in [0, 0.05) is 17.4 Å². The van der Waals surface area contributed by atoms with Crippen molar-refractivity contribution in [1.29, 1.82) is 5.26 Å². The molecule has 0 saturated carbocycles. The molecule has 0 radical (unpaired) electrons. The van der Waals surface area contributed by atoms with Gasteiger partial charge in [-0.05, 0) is 12.1 Å². The summed E-state index contributed by atoms with van der Waals surface area (Å²) in [4.78, 5) is 11.8. The maximum absolute atomic E-state index is 11.8. The van der Waals surface area contributed by atoms with Gasteiger partial charge >= 0.3 is 5.97 Å². The van der Waals surface area contributed by atoms with Gasteiger partial charge < -0.3 is 9.15 Å². The number of fused-ring (bicyclic) bond motifs is 1. The van der Waals surface area contributed by atoms with Crippen molar-refractivity contribution < 1.29 is 13.9 Å². The first-order valence-corrected chi connectivity index (χ1v) is 6.61. The van der Waals surface area contributed by atoms with Crippen LogP contribution in [-0.4, -0.2) is 12.6 Å². The van der Waals surface area contributed by atoms with Crippen LogP contribution in [0, 0.1) is 11.3 Å². The highest BCUT2D eigenvalue weighted by atomic mass is 16.5. The fraction of sp³-hybridized carbons (Fsp3) is 0.176. The molecule has 0 atom stereocenters. The average Bonchev–Trinajstić information content (AvgIpc) is 2.87. The van der Waals surface area contributed by atoms with E-state index in [1.54, 1.807) is 0 Å². The molecule has 0 fully saturated rings. The van der Waals surface area contributed by atoms with Crippen molar-refractivity contribution >= 4 is 23.0 Å². The minimum Gasteiger partial charge on any atom is -0.460 e. The van der Waals surface area contributed by atoms with Gasteiger partial charge in [-0.2, -0.15) is 5.26 Å². The molecule has 0 N–H and O–H groups in total. The Morgan fingerprint density at radius 3 is 2.90 bits per heavy atom. The maximum Gasteiger partial charge on any atom is 0.349 e. The van der Waals surface area contributed by atoms with E-state index < -0.39 is 5.97 Å². The number of carbonyl (C=O) groups is 1. The number of esters is 1. The lowest BCUT2D eigenvalue weighted by Gasteiger charge is -2.00. The van der Waals surface area contributed by atoms with Crippen LogP contribution in [0.4, 0.5) is 0 Å². The smallest absolute Gasteiger partial charge is 0.349 e. The second-order valence-electron chi connectivity index (χ2n) is 4.35. The number of nitriles is 1. The lowest BCUT2D eigenvalue weighted by Crippen LogP contribution is -2.06. The molecule has 4 nitrogen and oxygen atoms in total. The number of rotatable bonds is 5. The summed E-state index contributed by atoms with van der Waals surface area (Å²) in [6, 6.07) is 9.39. The van der Waals surface area contributed by atoms with Gasteiger partial charge in [0.2, 0.25) is 0 Å². The molecule has 106 valence electrons. The van der Waals surface area contributed by atoms with Gasteiger partial charge in [-0.25, -0.2) is 4.79 Å². The summed E-state index contributed by atoms with van der Waals surface area (Å²) in [5, 5.41) is 10.0. The molecule has 0 unspecified atom stereocenters. The Morgan fingerprint density at radius 2 is 2.24 bits per heavy atom. The summed E-state index contributed by atoms with van der Waals surface area (Å²) in [6.07, 6.45) is 3.65. The van der Waals surface area contributed by atoms with Gasteiger partial charge in [0.25, 0.3) is 0 Å². The molecule has 0 spiro atoms. The molecule has 0 bridgehead atoms. The third-order valence-electron chi connectivity index (χ3n) is 2.99. The first-order chi connectivity index (χ1) is 10.2. The molecule has 1 aromatic heterocycles. The summed E-state index contributed by atoms with van der Waals surface area (Å²) in [5.41, 5.74) is 1.43. The highest BCUT2D eigenvalue weighted by Crippen LogP contribution is 2.28. The van der Waals surface area contributed by atoms with Crippen molar-refractivity contribution in [2.24, 2.45) is 0 Å². The highest BCUT2D eigenvalue weighted by molar-refractivity contribution is 6.01. The molecule has 0 aliphatic heterocycles. The van der Waals surface area contributed by atoms with Crippen molar-refractivity contribution in [2.45, 2.75) is 13.3 Å². The third kappa shape index (κ3) is 3.03. The molecule has 1 aromatic carbocycles. The quantitative estimate of drug-likeness (QED) is 0.363. The maximum atomic E-state index is 11.8. The van der Waals surface area contributed by atoms with Crippen molar-refractivity contribution in [3.8, 4) is 6.07 Å². The minimum absolute atomic E-state index is 0.0573. The van der Waals surface area contributed by atoms with Gasteiger partial charge in [-0.15, -0.1) is 0 Å². The van der Waals surface area contributed by atoms with E-state index in [2.05, 4.69) is 6.58 Å². The lowest BCUT2D eigenvalue weighted by atomic mass is 10.1. The van der Waals surface area contributed by atoms with Crippen molar-refractivity contribution in [3.63, 3.8) is 0 Å². The third-order valence-corrected chi connectivity index (χ3v) is 2.99. The Morgan fingerprint density at radius 1 is 1.48 bits per heavy atom. The zero-order chi connectivity index (χ0) is 15.2. The van der Waals surface area contributed by atoms with Gasteiger partial charge in [0.15, 0.2) is 0 Å². The first kappa shape index (κ1) is 14.6. The van der Waals surface area contributed by atoms with E-state index >= 15 is 0 Å². The lowest BCUT2D eigenvalue weighted by molar-refractivity contribution is -0.137. The van der Waals surface area contributed by atoms with E-state index in [9.17, 15) is 4.79 Å². The van der Waals surface area contributed by atoms with Gasteiger partial charge in [-0.1, -0.05) is 37.8 Å². The molecule has 0 aliphatic carbocycles. The molecule has 2 aromatic rings. The van der Waals surface area contributed by atoms with Crippen LogP contribution in [0.1, 0.15) is 18.2 Å². The van der Waals surface area contributed by atoms with Crippen LogP contribution in [0.25, 0.3) is 17.0 Å². The predicted octanol–water partition coefficient (Wildman–Crippen LogP) is 3.63. The number of aryl methyl sites for hydroxylation is 1. The molecular weight excluding hydrogens is 266 g/mol. The number of hydrogen-bond donors (Lipinski definition) is 0. The second kappa shape index (κ2) is 6.58. The summed E-state index contributed by atoms with van der Waals surface area (Å²) in [7, 11) is 0. The Hall–Kier alpha value is -2.80. The first-order valence-electron chi connectivity index (χ1n) is 6.61. The number of nitrogens with zero attached hydrogens (tertiary/aromatic N) is 1. The van der Waals surface area contributed by atoms with E-state index in [1.165, 1.54) is 12.2 Å². The van der Waals surface area contributed by atoms with Crippen molar-refractivity contribution in [1.82, 2.24) is 0 Å². The molecule has 0 amide bonds. The molecule has 4 heteroatoms. The Kier molecular flexibility index (Phi) is 4.57. The molecule has 21 heavy (non-hydrogen) atoms. The monoisotopic (exact) mass is 281 g/mol. The molecule has 0 saturated heterocycles. The average molecular weight is 281 g/mol. The van der Waals surface area contributed by atoms with Crippen LogP contribution in [0.5, 0.6) is 0 Å². The van der Waals surface area contributed by atoms with Crippen molar-refractivity contribution in [2.75, 3.05) is 6.61 Å². The number of carbonyl (C=O) groups excluding carboxylic acids is 1. The number of hydrogen-bond acceptors (Lipinski definition) is 4. The van der Waals surface area contributed by atoms with Crippen molar-refractivity contribution in [3.05, 3.63) is 53.8 Å². The number of ether oxygens (including phenoxy) is 1. The highest BCUT2D eigenvalue weighted by Gasteiger charge is 2.15. The van der Waals surface area contributed by atoms with E-state index in [0.29, 0.717) is 6.42 Å². The second-order valence-corrected chi connectivity index (χ2v) is 4.35. The molecular formula is C17H15NO3. The summed E-state index contributed by atoms with van der Waals surface area (Å²) >= 11 is 0.